The molecule has 2 rings (SSSR count). The first-order valence-electron chi connectivity index (χ1n) is 6.61. The highest BCUT2D eigenvalue weighted by Gasteiger charge is 2.28. The SMILES string of the molecule is CCC(N)(c1ccccc1)c1ccc(OC)cc1C. The number of aryl methyl sites for hydroxylation is 1. The summed E-state index contributed by atoms with van der Waals surface area (Å²) in [7, 11) is 1.68. The molecule has 2 aromatic rings. The van der Waals surface area contributed by atoms with Crippen molar-refractivity contribution in [3.8, 4) is 5.75 Å². The third kappa shape index (κ3) is 2.49. The maximum Gasteiger partial charge on any atom is 0.119 e. The van der Waals surface area contributed by atoms with Gasteiger partial charge in [-0.1, -0.05) is 43.3 Å². The van der Waals surface area contributed by atoms with Gasteiger partial charge in [-0.3, -0.25) is 0 Å². The van der Waals surface area contributed by atoms with Crippen LogP contribution in [0.3, 0.4) is 0 Å². The lowest BCUT2D eigenvalue weighted by Crippen LogP contribution is -2.37. The van der Waals surface area contributed by atoms with Crippen LogP contribution in [0.4, 0.5) is 0 Å². The van der Waals surface area contributed by atoms with E-state index in [0.29, 0.717) is 0 Å². The van der Waals surface area contributed by atoms with Crippen LogP contribution in [0.15, 0.2) is 48.5 Å². The molecule has 0 aromatic heterocycles. The van der Waals surface area contributed by atoms with E-state index >= 15 is 0 Å². The van der Waals surface area contributed by atoms with Gasteiger partial charge in [0.05, 0.1) is 12.6 Å². The Balaban J connectivity index is 2.53. The van der Waals surface area contributed by atoms with Gasteiger partial charge in [0, 0.05) is 0 Å². The molecule has 0 heterocycles. The van der Waals surface area contributed by atoms with E-state index in [1.165, 1.54) is 0 Å². The summed E-state index contributed by atoms with van der Waals surface area (Å²) in [4.78, 5) is 0. The van der Waals surface area contributed by atoms with Crippen LogP contribution in [0, 0.1) is 6.92 Å². The molecule has 0 aliphatic carbocycles. The predicted octanol–water partition coefficient (Wildman–Crippen LogP) is 3.62. The Labute approximate surface area is 115 Å². The molecule has 0 bridgehead atoms. The Kier molecular flexibility index (Phi) is 3.91. The molecule has 100 valence electrons. The Morgan fingerprint density at radius 2 is 1.79 bits per heavy atom. The summed E-state index contributed by atoms with van der Waals surface area (Å²) in [6, 6.07) is 16.3. The molecule has 0 radical (unpaired) electrons. The van der Waals surface area contributed by atoms with Crippen molar-refractivity contribution in [3.63, 3.8) is 0 Å². The molecule has 0 aliphatic rings. The first kappa shape index (κ1) is 13.6. The average Bonchev–Trinajstić information content (AvgIpc) is 2.47. The highest BCUT2D eigenvalue weighted by atomic mass is 16.5. The number of rotatable bonds is 4. The molecule has 0 aliphatic heterocycles. The van der Waals surface area contributed by atoms with Crippen LogP contribution in [-0.4, -0.2) is 7.11 Å². The molecule has 2 nitrogen and oxygen atoms in total. The zero-order valence-corrected chi connectivity index (χ0v) is 11.8. The quantitative estimate of drug-likeness (QED) is 0.905. The van der Waals surface area contributed by atoms with E-state index in [9.17, 15) is 0 Å². The predicted molar refractivity (Wildman–Crippen MR) is 79.4 cm³/mol. The molecule has 19 heavy (non-hydrogen) atoms. The Morgan fingerprint density at radius 1 is 1.11 bits per heavy atom. The second-order valence-electron chi connectivity index (χ2n) is 4.87. The molecule has 0 saturated heterocycles. The summed E-state index contributed by atoms with van der Waals surface area (Å²) in [5.74, 6) is 0.868. The van der Waals surface area contributed by atoms with Crippen LogP contribution in [0.25, 0.3) is 0 Å². The molecule has 1 unspecified atom stereocenters. The van der Waals surface area contributed by atoms with E-state index in [1.807, 2.05) is 30.3 Å². The Morgan fingerprint density at radius 3 is 2.32 bits per heavy atom. The van der Waals surface area contributed by atoms with E-state index in [-0.39, 0.29) is 0 Å². The minimum atomic E-state index is -0.447. The summed E-state index contributed by atoms with van der Waals surface area (Å²) < 4.78 is 5.26. The number of benzene rings is 2. The molecule has 1 atom stereocenters. The minimum Gasteiger partial charge on any atom is -0.497 e. The minimum absolute atomic E-state index is 0.447. The van der Waals surface area contributed by atoms with Crippen LogP contribution >= 0.6 is 0 Å². The van der Waals surface area contributed by atoms with Crippen molar-refractivity contribution in [1.82, 2.24) is 0 Å². The third-order valence-corrected chi connectivity index (χ3v) is 3.76. The van der Waals surface area contributed by atoms with E-state index in [4.69, 9.17) is 10.5 Å². The first-order chi connectivity index (χ1) is 9.11. The van der Waals surface area contributed by atoms with Crippen LogP contribution in [0.1, 0.15) is 30.0 Å². The molecule has 2 heteroatoms. The molecule has 0 fully saturated rings. The van der Waals surface area contributed by atoms with Gasteiger partial charge in [-0.2, -0.15) is 0 Å². The highest BCUT2D eigenvalue weighted by molar-refractivity contribution is 5.45. The van der Waals surface area contributed by atoms with Gasteiger partial charge in [0.25, 0.3) is 0 Å². The van der Waals surface area contributed by atoms with Gasteiger partial charge >= 0.3 is 0 Å². The molecule has 0 spiro atoms. The van der Waals surface area contributed by atoms with E-state index < -0.39 is 5.54 Å². The molecular formula is C17H21NO. The maximum atomic E-state index is 6.69. The van der Waals surface area contributed by atoms with Crippen molar-refractivity contribution in [2.75, 3.05) is 7.11 Å². The molecule has 0 amide bonds. The number of hydrogen-bond acceptors (Lipinski definition) is 2. The lowest BCUT2D eigenvalue weighted by atomic mass is 9.79. The van der Waals surface area contributed by atoms with Gasteiger partial charge in [0.15, 0.2) is 0 Å². The van der Waals surface area contributed by atoms with Gasteiger partial charge in [-0.15, -0.1) is 0 Å². The van der Waals surface area contributed by atoms with Crippen molar-refractivity contribution in [2.24, 2.45) is 5.73 Å². The van der Waals surface area contributed by atoms with Gasteiger partial charge in [0.1, 0.15) is 5.75 Å². The van der Waals surface area contributed by atoms with Gasteiger partial charge < -0.3 is 10.5 Å². The summed E-state index contributed by atoms with van der Waals surface area (Å²) in [6.07, 6.45) is 0.851. The van der Waals surface area contributed by atoms with Crippen molar-refractivity contribution >= 4 is 0 Å². The van der Waals surface area contributed by atoms with Crippen molar-refractivity contribution < 1.29 is 4.74 Å². The normalized spacial score (nSPS) is 13.9. The Hall–Kier alpha value is -1.80. The van der Waals surface area contributed by atoms with Crippen molar-refractivity contribution in [3.05, 3.63) is 65.2 Å². The topological polar surface area (TPSA) is 35.2 Å². The van der Waals surface area contributed by atoms with Gasteiger partial charge in [-0.25, -0.2) is 0 Å². The van der Waals surface area contributed by atoms with Gasteiger partial charge in [-0.05, 0) is 42.2 Å². The molecule has 2 N–H and O–H groups in total. The Bertz CT molecular complexity index is 550. The monoisotopic (exact) mass is 255 g/mol. The largest absolute Gasteiger partial charge is 0.497 e. The number of methoxy groups -OCH3 is 1. The van der Waals surface area contributed by atoms with Gasteiger partial charge in [0.2, 0.25) is 0 Å². The summed E-state index contributed by atoms with van der Waals surface area (Å²) in [6.45, 7) is 4.20. The van der Waals surface area contributed by atoms with Crippen molar-refractivity contribution in [2.45, 2.75) is 25.8 Å². The highest BCUT2D eigenvalue weighted by Crippen LogP contribution is 2.33. The first-order valence-corrected chi connectivity index (χ1v) is 6.61. The summed E-state index contributed by atoms with van der Waals surface area (Å²) in [5.41, 5.74) is 9.70. The van der Waals surface area contributed by atoms with E-state index in [0.717, 1.165) is 28.9 Å². The third-order valence-electron chi connectivity index (χ3n) is 3.76. The van der Waals surface area contributed by atoms with Crippen molar-refractivity contribution in [1.29, 1.82) is 0 Å². The fraction of sp³-hybridized carbons (Fsp3) is 0.294. The number of nitrogens with two attached hydrogens (primary N) is 1. The second-order valence-corrected chi connectivity index (χ2v) is 4.87. The average molecular weight is 255 g/mol. The fourth-order valence-corrected chi connectivity index (χ4v) is 2.55. The van der Waals surface area contributed by atoms with Crippen LogP contribution < -0.4 is 10.5 Å². The lowest BCUT2D eigenvalue weighted by Gasteiger charge is -2.31. The standard InChI is InChI=1S/C17H21NO/c1-4-17(18,14-8-6-5-7-9-14)16-11-10-15(19-3)12-13(16)2/h5-12H,4,18H2,1-3H3. The fourth-order valence-electron chi connectivity index (χ4n) is 2.55. The summed E-state index contributed by atoms with van der Waals surface area (Å²) >= 11 is 0. The zero-order valence-electron chi connectivity index (χ0n) is 11.8. The second kappa shape index (κ2) is 5.45. The maximum absolute atomic E-state index is 6.69. The molecular weight excluding hydrogens is 234 g/mol. The van der Waals surface area contributed by atoms with E-state index in [1.54, 1.807) is 7.11 Å². The molecule has 0 saturated carbocycles. The number of ether oxygens (including phenoxy) is 1. The van der Waals surface area contributed by atoms with Crippen LogP contribution in [0.2, 0.25) is 0 Å². The molecule has 2 aromatic carbocycles. The van der Waals surface area contributed by atoms with E-state index in [2.05, 4.69) is 32.0 Å². The lowest BCUT2D eigenvalue weighted by molar-refractivity contribution is 0.413. The zero-order chi connectivity index (χ0) is 13.9. The smallest absolute Gasteiger partial charge is 0.119 e. The summed E-state index contributed by atoms with van der Waals surface area (Å²) in [5, 5.41) is 0. The van der Waals surface area contributed by atoms with Crippen LogP contribution in [-0.2, 0) is 5.54 Å². The van der Waals surface area contributed by atoms with Crippen LogP contribution in [0.5, 0.6) is 5.75 Å². The number of hydrogen-bond donors (Lipinski definition) is 1.